The van der Waals surface area contributed by atoms with Gasteiger partial charge in [0, 0.05) is 25.8 Å². The maximum absolute atomic E-state index is 12.8. The minimum Gasteiger partial charge on any atom is -0.465 e. The molecule has 24 heavy (non-hydrogen) atoms. The quantitative estimate of drug-likeness (QED) is 0.788. The molecule has 0 radical (unpaired) electrons. The average molecular weight is 341 g/mol. The molecular formula is C14H14F3N5O2. The van der Waals surface area contributed by atoms with Crippen LogP contribution in [-0.2, 0) is 30.5 Å². The van der Waals surface area contributed by atoms with Gasteiger partial charge in [-0.2, -0.15) is 13.2 Å². The molecule has 128 valence electrons. The number of methoxy groups -OCH3 is 1. The lowest BCUT2D eigenvalue weighted by molar-refractivity contribution is -0.148. The normalized spacial score (nSPS) is 15.2. The topological polar surface area (TPSA) is 73.1 Å². The molecule has 3 heterocycles. The summed E-state index contributed by atoms with van der Waals surface area (Å²) in [7, 11) is 1.29. The van der Waals surface area contributed by atoms with E-state index in [0.29, 0.717) is 24.3 Å². The number of alkyl halides is 3. The number of carbonyl (C=O) groups excluding carboxylic acids is 1. The molecule has 0 bridgehead atoms. The molecule has 0 N–H and O–H groups in total. The Morgan fingerprint density at radius 3 is 2.83 bits per heavy atom. The maximum atomic E-state index is 12.8. The number of hydrogen-bond acceptors (Lipinski definition) is 6. The lowest BCUT2D eigenvalue weighted by Crippen LogP contribution is -2.35. The molecule has 2 aromatic rings. The van der Waals surface area contributed by atoms with Crippen LogP contribution < -0.4 is 0 Å². The minimum absolute atomic E-state index is 0.147. The van der Waals surface area contributed by atoms with Crippen LogP contribution in [0.4, 0.5) is 13.2 Å². The van der Waals surface area contributed by atoms with Crippen molar-refractivity contribution >= 4 is 5.97 Å². The minimum atomic E-state index is -4.51. The molecule has 1 aliphatic rings. The molecule has 3 rings (SSSR count). The number of aromatic nitrogens is 4. The molecule has 0 saturated carbocycles. The van der Waals surface area contributed by atoms with E-state index in [4.69, 9.17) is 0 Å². The van der Waals surface area contributed by atoms with E-state index < -0.39 is 18.0 Å². The molecular weight excluding hydrogens is 327 g/mol. The van der Waals surface area contributed by atoms with Crippen molar-refractivity contribution in [2.45, 2.75) is 25.8 Å². The van der Waals surface area contributed by atoms with Crippen LogP contribution in [-0.4, -0.2) is 44.3 Å². The number of fused-ring (bicyclic) bond motifs is 1. The van der Waals surface area contributed by atoms with Gasteiger partial charge < -0.3 is 9.30 Å². The van der Waals surface area contributed by atoms with Crippen LogP contribution in [0.2, 0.25) is 0 Å². The van der Waals surface area contributed by atoms with Gasteiger partial charge in [-0.3, -0.25) is 9.88 Å². The second-order valence-electron chi connectivity index (χ2n) is 5.33. The summed E-state index contributed by atoms with van der Waals surface area (Å²) in [4.78, 5) is 17.6. The zero-order chi connectivity index (χ0) is 17.3. The molecule has 0 spiro atoms. The van der Waals surface area contributed by atoms with E-state index in [1.54, 1.807) is 6.07 Å². The number of ether oxygens (including phenoxy) is 1. The van der Waals surface area contributed by atoms with Crippen molar-refractivity contribution in [2.24, 2.45) is 0 Å². The Kier molecular flexibility index (Phi) is 4.22. The summed E-state index contributed by atoms with van der Waals surface area (Å²) in [5.74, 6) is -1.17. The molecule has 0 aliphatic carbocycles. The molecule has 2 aromatic heterocycles. The van der Waals surface area contributed by atoms with Crippen LogP contribution in [0.25, 0.3) is 0 Å². The van der Waals surface area contributed by atoms with E-state index in [9.17, 15) is 18.0 Å². The Morgan fingerprint density at radius 1 is 1.33 bits per heavy atom. The van der Waals surface area contributed by atoms with Crippen LogP contribution >= 0.6 is 0 Å². The summed E-state index contributed by atoms with van der Waals surface area (Å²) in [6.45, 7) is 1.17. The van der Waals surface area contributed by atoms with Crippen molar-refractivity contribution in [3.05, 3.63) is 41.2 Å². The molecule has 0 saturated heterocycles. The van der Waals surface area contributed by atoms with E-state index in [1.165, 1.54) is 19.4 Å². The monoisotopic (exact) mass is 341 g/mol. The Morgan fingerprint density at radius 2 is 2.12 bits per heavy atom. The number of halogens is 3. The Hall–Kier alpha value is -2.49. The van der Waals surface area contributed by atoms with E-state index in [-0.39, 0.29) is 18.9 Å². The lowest BCUT2D eigenvalue weighted by atomic mass is 10.2. The van der Waals surface area contributed by atoms with Gasteiger partial charge >= 0.3 is 12.1 Å². The smallest absolute Gasteiger partial charge is 0.451 e. The predicted octanol–water partition coefficient (Wildman–Crippen LogP) is 1.49. The standard InChI is InChI=1S/C14H14F3N5O2/c1-24-12(23)9-2-3-18-10(6-9)7-21-4-5-22-11(8-21)19-20-13(22)14(15,16)17/h2-3,6H,4-5,7-8H2,1H3. The highest BCUT2D eigenvalue weighted by atomic mass is 19.4. The van der Waals surface area contributed by atoms with Crippen LogP contribution in [0.3, 0.4) is 0 Å². The molecule has 1 aliphatic heterocycles. The summed E-state index contributed by atoms with van der Waals surface area (Å²) < 4.78 is 44.2. The number of hydrogen-bond donors (Lipinski definition) is 0. The largest absolute Gasteiger partial charge is 0.465 e. The molecule has 0 aromatic carbocycles. The zero-order valence-corrected chi connectivity index (χ0v) is 12.7. The third kappa shape index (κ3) is 3.23. The summed E-state index contributed by atoms with van der Waals surface area (Å²) in [5.41, 5.74) is 1.00. The Bertz CT molecular complexity index is 759. The van der Waals surface area contributed by atoms with E-state index in [2.05, 4.69) is 19.9 Å². The van der Waals surface area contributed by atoms with Crippen molar-refractivity contribution < 1.29 is 22.7 Å². The highest BCUT2D eigenvalue weighted by Crippen LogP contribution is 2.29. The summed E-state index contributed by atoms with van der Waals surface area (Å²) >= 11 is 0. The third-order valence-electron chi connectivity index (χ3n) is 3.71. The molecule has 10 heteroatoms. The Balaban J connectivity index is 1.73. The van der Waals surface area contributed by atoms with Gasteiger partial charge in [0.25, 0.3) is 0 Å². The molecule has 0 fully saturated rings. The lowest BCUT2D eigenvalue weighted by Gasteiger charge is -2.27. The molecule has 0 unspecified atom stereocenters. The summed E-state index contributed by atoms with van der Waals surface area (Å²) in [6, 6.07) is 3.14. The van der Waals surface area contributed by atoms with Gasteiger partial charge in [-0.1, -0.05) is 0 Å². The van der Waals surface area contributed by atoms with Crippen molar-refractivity contribution in [1.29, 1.82) is 0 Å². The molecule has 7 nitrogen and oxygen atoms in total. The Labute approximate surface area is 135 Å². The van der Waals surface area contributed by atoms with Gasteiger partial charge in [0.1, 0.15) is 5.82 Å². The highest BCUT2D eigenvalue weighted by Gasteiger charge is 2.39. The second-order valence-corrected chi connectivity index (χ2v) is 5.33. The van der Waals surface area contributed by atoms with Crippen molar-refractivity contribution in [3.63, 3.8) is 0 Å². The van der Waals surface area contributed by atoms with Gasteiger partial charge in [0.05, 0.1) is 24.9 Å². The first-order valence-corrected chi connectivity index (χ1v) is 7.13. The van der Waals surface area contributed by atoms with Gasteiger partial charge in [0.15, 0.2) is 0 Å². The number of nitrogens with zero attached hydrogens (tertiary/aromatic N) is 5. The first kappa shape index (κ1) is 16.4. The fraction of sp³-hybridized carbons (Fsp3) is 0.429. The predicted molar refractivity (Wildman–Crippen MR) is 74.7 cm³/mol. The SMILES string of the molecule is COC(=O)c1ccnc(CN2CCn3c(nnc3C(F)(F)F)C2)c1. The van der Waals surface area contributed by atoms with Crippen molar-refractivity contribution in [3.8, 4) is 0 Å². The van der Waals surface area contributed by atoms with Gasteiger partial charge in [-0.25, -0.2) is 4.79 Å². The van der Waals surface area contributed by atoms with Crippen molar-refractivity contribution in [1.82, 2.24) is 24.6 Å². The average Bonchev–Trinajstić information content (AvgIpc) is 2.97. The number of rotatable bonds is 3. The fourth-order valence-corrected chi connectivity index (χ4v) is 2.59. The maximum Gasteiger partial charge on any atom is 0.451 e. The van der Waals surface area contributed by atoms with Crippen LogP contribution in [0, 0.1) is 0 Å². The van der Waals surface area contributed by atoms with Crippen LogP contribution in [0.1, 0.15) is 27.7 Å². The number of esters is 1. The first-order chi connectivity index (χ1) is 11.4. The summed E-state index contributed by atoms with van der Waals surface area (Å²) in [6.07, 6.45) is -3.01. The van der Waals surface area contributed by atoms with Gasteiger partial charge in [0.2, 0.25) is 5.82 Å². The third-order valence-corrected chi connectivity index (χ3v) is 3.71. The van der Waals surface area contributed by atoms with Crippen molar-refractivity contribution in [2.75, 3.05) is 13.7 Å². The molecule has 0 amide bonds. The van der Waals surface area contributed by atoms with E-state index in [1.807, 2.05) is 4.90 Å². The van der Waals surface area contributed by atoms with Gasteiger partial charge in [-0.05, 0) is 12.1 Å². The van der Waals surface area contributed by atoms with Gasteiger partial charge in [-0.15, -0.1) is 10.2 Å². The van der Waals surface area contributed by atoms with E-state index >= 15 is 0 Å². The highest BCUT2D eigenvalue weighted by molar-refractivity contribution is 5.89. The number of carbonyl (C=O) groups is 1. The molecule has 0 atom stereocenters. The summed E-state index contributed by atoms with van der Waals surface area (Å²) in [5, 5.41) is 6.87. The zero-order valence-electron chi connectivity index (χ0n) is 12.7. The second kappa shape index (κ2) is 6.19. The first-order valence-electron chi connectivity index (χ1n) is 7.13. The van der Waals surface area contributed by atoms with E-state index in [0.717, 1.165) is 4.57 Å². The number of pyridine rings is 1. The van der Waals surface area contributed by atoms with Crippen LogP contribution in [0.15, 0.2) is 18.3 Å². The van der Waals surface area contributed by atoms with Crippen LogP contribution in [0.5, 0.6) is 0 Å². The fourth-order valence-electron chi connectivity index (χ4n) is 2.59.